The number of carbonyl (C=O) groups excluding carboxylic acids is 1. The largest absolute Gasteiger partial charge is 0.340 e. The van der Waals surface area contributed by atoms with Crippen molar-refractivity contribution in [2.24, 2.45) is 5.92 Å². The van der Waals surface area contributed by atoms with E-state index >= 15 is 0 Å². The molecular weight excluding hydrogens is 214 g/mol. The van der Waals surface area contributed by atoms with Crippen molar-refractivity contribution >= 4 is 5.91 Å². The maximum atomic E-state index is 12.7. The highest BCUT2D eigenvalue weighted by molar-refractivity contribution is 5.83. The van der Waals surface area contributed by atoms with Gasteiger partial charge in [0.05, 0.1) is 0 Å². The first kappa shape index (κ1) is 11.8. The van der Waals surface area contributed by atoms with Gasteiger partial charge in [0, 0.05) is 38.6 Å². The number of rotatable bonds is 2. The van der Waals surface area contributed by atoms with Crippen molar-refractivity contribution in [2.45, 2.75) is 32.2 Å². The van der Waals surface area contributed by atoms with E-state index in [0.717, 1.165) is 13.1 Å². The average Bonchev–Trinajstić information content (AvgIpc) is 2.87. The van der Waals surface area contributed by atoms with Crippen molar-refractivity contribution in [3.63, 3.8) is 0 Å². The number of nitrogens with zero attached hydrogens (tertiary/aromatic N) is 2. The molecule has 1 atom stereocenters. The summed E-state index contributed by atoms with van der Waals surface area (Å²) in [5.41, 5.74) is 0. The summed E-state index contributed by atoms with van der Waals surface area (Å²) in [6.07, 6.45) is -0.254. The predicted octanol–water partition coefficient (Wildman–Crippen LogP) is 1.19. The Kier molecular flexibility index (Phi) is 2.90. The summed E-state index contributed by atoms with van der Waals surface area (Å²) in [6.45, 7) is 6.97. The summed E-state index contributed by atoms with van der Waals surface area (Å²) in [6, 6.07) is 0.458. The zero-order valence-electron chi connectivity index (χ0n) is 9.75. The SMILES string of the molecule is CC(C)N1CCN(C(=O)[C@@H]2CC2(F)F)CC1. The molecule has 0 aromatic carbocycles. The van der Waals surface area contributed by atoms with Crippen LogP contribution in [0, 0.1) is 5.92 Å². The molecule has 1 amide bonds. The zero-order valence-corrected chi connectivity index (χ0v) is 9.75. The monoisotopic (exact) mass is 232 g/mol. The third-order valence-corrected chi connectivity index (χ3v) is 3.48. The quantitative estimate of drug-likeness (QED) is 0.714. The highest BCUT2D eigenvalue weighted by Crippen LogP contribution is 2.49. The number of amides is 1. The fraction of sp³-hybridized carbons (Fsp3) is 0.909. The maximum Gasteiger partial charge on any atom is 0.260 e. The number of carbonyl (C=O) groups is 1. The molecular formula is C11H18F2N2O. The molecule has 1 saturated heterocycles. The Morgan fingerprint density at radius 1 is 1.25 bits per heavy atom. The van der Waals surface area contributed by atoms with Gasteiger partial charge in [0.15, 0.2) is 0 Å². The van der Waals surface area contributed by atoms with Crippen LogP contribution in [0.1, 0.15) is 20.3 Å². The van der Waals surface area contributed by atoms with Crippen molar-refractivity contribution in [1.29, 1.82) is 0 Å². The van der Waals surface area contributed by atoms with Gasteiger partial charge >= 0.3 is 0 Å². The number of halogens is 2. The van der Waals surface area contributed by atoms with Crippen molar-refractivity contribution in [3.8, 4) is 0 Å². The molecule has 1 saturated carbocycles. The molecule has 0 aromatic heterocycles. The average molecular weight is 232 g/mol. The number of hydrogen-bond acceptors (Lipinski definition) is 2. The van der Waals surface area contributed by atoms with E-state index in [1.807, 2.05) is 0 Å². The van der Waals surface area contributed by atoms with Crippen molar-refractivity contribution in [1.82, 2.24) is 9.80 Å². The summed E-state index contributed by atoms with van der Waals surface area (Å²) in [7, 11) is 0. The first-order valence-corrected chi connectivity index (χ1v) is 5.82. The minimum Gasteiger partial charge on any atom is -0.340 e. The molecule has 16 heavy (non-hydrogen) atoms. The van der Waals surface area contributed by atoms with Crippen LogP contribution in [0.15, 0.2) is 0 Å². The Morgan fingerprint density at radius 3 is 2.12 bits per heavy atom. The van der Waals surface area contributed by atoms with E-state index in [1.165, 1.54) is 0 Å². The Bertz CT molecular complexity index is 286. The van der Waals surface area contributed by atoms with Crippen molar-refractivity contribution in [3.05, 3.63) is 0 Å². The topological polar surface area (TPSA) is 23.6 Å². The molecule has 92 valence electrons. The van der Waals surface area contributed by atoms with Gasteiger partial charge in [0.1, 0.15) is 5.92 Å². The maximum absolute atomic E-state index is 12.7. The molecule has 1 aliphatic heterocycles. The van der Waals surface area contributed by atoms with Crippen molar-refractivity contribution in [2.75, 3.05) is 26.2 Å². The second-order valence-electron chi connectivity index (χ2n) is 4.97. The third kappa shape index (κ3) is 2.19. The van der Waals surface area contributed by atoms with Crippen LogP contribution in [0.3, 0.4) is 0 Å². The number of piperazine rings is 1. The summed E-state index contributed by atoms with van der Waals surface area (Å²) in [5.74, 6) is -4.11. The van der Waals surface area contributed by atoms with Gasteiger partial charge in [0.25, 0.3) is 5.92 Å². The van der Waals surface area contributed by atoms with Gasteiger partial charge < -0.3 is 4.90 Å². The lowest BCUT2D eigenvalue weighted by Crippen LogP contribution is -2.51. The minimum absolute atomic E-state index is 0.254. The molecule has 0 N–H and O–H groups in total. The van der Waals surface area contributed by atoms with E-state index in [4.69, 9.17) is 0 Å². The molecule has 0 radical (unpaired) electrons. The van der Waals surface area contributed by atoms with E-state index in [2.05, 4.69) is 18.7 Å². The molecule has 1 heterocycles. The third-order valence-electron chi connectivity index (χ3n) is 3.48. The van der Waals surface area contributed by atoms with Crippen LogP contribution in [0.25, 0.3) is 0 Å². The highest BCUT2D eigenvalue weighted by Gasteiger charge is 2.62. The molecule has 2 fully saturated rings. The van der Waals surface area contributed by atoms with Gasteiger partial charge in [-0.3, -0.25) is 9.69 Å². The molecule has 3 nitrogen and oxygen atoms in total. The van der Waals surface area contributed by atoms with E-state index < -0.39 is 11.8 Å². The van der Waals surface area contributed by atoms with E-state index in [1.54, 1.807) is 4.90 Å². The molecule has 1 aliphatic carbocycles. The van der Waals surface area contributed by atoms with Crippen LogP contribution in [-0.2, 0) is 4.79 Å². The van der Waals surface area contributed by atoms with Crippen LogP contribution in [0.2, 0.25) is 0 Å². The standard InChI is InChI=1S/C11H18F2N2O/c1-8(2)14-3-5-15(6-4-14)10(16)9-7-11(9,12)13/h8-9H,3-7H2,1-2H3/t9-/m0/s1. The van der Waals surface area contributed by atoms with Crippen molar-refractivity contribution < 1.29 is 13.6 Å². The first-order chi connectivity index (χ1) is 7.42. The fourth-order valence-electron chi connectivity index (χ4n) is 2.16. The summed E-state index contributed by atoms with van der Waals surface area (Å²) < 4.78 is 25.5. The van der Waals surface area contributed by atoms with E-state index in [-0.39, 0.29) is 12.3 Å². The first-order valence-electron chi connectivity index (χ1n) is 5.82. The van der Waals surface area contributed by atoms with Crippen LogP contribution in [0.5, 0.6) is 0 Å². The lowest BCUT2D eigenvalue weighted by atomic mass is 10.2. The Hall–Kier alpha value is -0.710. The number of alkyl halides is 2. The fourth-order valence-corrected chi connectivity index (χ4v) is 2.16. The normalized spacial score (nSPS) is 29.6. The van der Waals surface area contributed by atoms with Crippen LogP contribution >= 0.6 is 0 Å². The molecule has 5 heteroatoms. The summed E-state index contributed by atoms with van der Waals surface area (Å²) in [4.78, 5) is 15.5. The van der Waals surface area contributed by atoms with Gasteiger partial charge in [0.2, 0.25) is 5.91 Å². The summed E-state index contributed by atoms with van der Waals surface area (Å²) >= 11 is 0. The van der Waals surface area contributed by atoms with Gasteiger partial charge in [-0.15, -0.1) is 0 Å². The van der Waals surface area contributed by atoms with Crippen LogP contribution < -0.4 is 0 Å². The van der Waals surface area contributed by atoms with E-state index in [0.29, 0.717) is 19.1 Å². The lowest BCUT2D eigenvalue weighted by molar-refractivity contribution is -0.136. The second-order valence-corrected chi connectivity index (χ2v) is 4.97. The predicted molar refractivity (Wildman–Crippen MR) is 56.3 cm³/mol. The summed E-state index contributed by atoms with van der Waals surface area (Å²) in [5, 5.41) is 0. The highest BCUT2D eigenvalue weighted by atomic mass is 19.3. The second kappa shape index (κ2) is 3.95. The molecule has 0 spiro atoms. The van der Waals surface area contributed by atoms with Crippen LogP contribution in [0.4, 0.5) is 8.78 Å². The Labute approximate surface area is 94.4 Å². The lowest BCUT2D eigenvalue weighted by Gasteiger charge is -2.37. The van der Waals surface area contributed by atoms with E-state index in [9.17, 15) is 13.6 Å². The van der Waals surface area contributed by atoms with Gasteiger partial charge in [-0.1, -0.05) is 0 Å². The minimum atomic E-state index is -2.73. The number of hydrogen-bond donors (Lipinski definition) is 0. The molecule has 2 rings (SSSR count). The smallest absolute Gasteiger partial charge is 0.260 e. The zero-order chi connectivity index (χ0) is 11.9. The molecule has 0 bridgehead atoms. The molecule has 0 unspecified atom stereocenters. The molecule has 2 aliphatic rings. The molecule has 0 aromatic rings. The van der Waals surface area contributed by atoms with Crippen LogP contribution in [-0.4, -0.2) is 53.9 Å². The van der Waals surface area contributed by atoms with Gasteiger partial charge in [-0.25, -0.2) is 8.78 Å². The Balaban J connectivity index is 1.83. The Morgan fingerprint density at radius 2 is 1.75 bits per heavy atom. The van der Waals surface area contributed by atoms with Gasteiger partial charge in [-0.05, 0) is 13.8 Å². The van der Waals surface area contributed by atoms with Gasteiger partial charge in [-0.2, -0.15) is 0 Å².